The molecule has 1 heterocycles. The summed E-state index contributed by atoms with van der Waals surface area (Å²) in [6.07, 6.45) is 4.01. The Balaban J connectivity index is 2.23. The fraction of sp³-hybridized carbons (Fsp3) is 0.700. The number of rotatable bonds is 3. The van der Waals surface area contributed by atoms with Gasteiger partial charge in [-0.15, -0.1) is 0 Å². The standard InChI is InChI=1S/C10H16N2O/c1-7(2)8-5-13-9(12-8)10(6-11)3-4-10/h5,7H,3-4,6,11H2,1-2H3. The molecule has 2 N–H and O–H groups in total. The minimum Gasteiger partial charge on any atom is -0.448 e. The molecule has 0 unspecified atom stereocenters. The molecule has 0 aliphatic heterocycles. The molecule has 0 radical (unpaired) electrons. The zero-order valence-corrected chi connectivity index (χ0v) is 8.21. The lowest BCUT2D eigenvalue weighted by molar-refractivity contribution is 0.437. The number of oxazole rings is 1. The van der Waals surface area contributed by atoms with E-state index < -0.39 is 0 Å². The van der Waals surface area contributed by atoms with E-state index in [1.165, 1.54) is 0 Å². The van der Waals surface area contributed by atoms with E-state index in [1.54, 1.807) is 6.26 Å². The summed E-state index contributed by atoms with van der Waals surface area (Å²) in [5.74, 6) is 1.28. The van der Waals surface area contributed by atoms with Gasteiger partial charge in [-0.25, -0.2) is 4.98 Å². The Morgan fingerprint density at radius 1 is 1.62 bits per heavy atom. The summed E-state index contributed by atoms with van der Waals surface area (Å²) < 4.78 is 5.45. The highest BCUT2D eigenvalue weighted by Gasteiger charge is 2.47. The van der Waals surface area contributed by atoms with Crippen molar-refractivity contribution in [1.29, 1.82) is 0 Å². The molecule has 1 aromatic heterocycles. The molecular formula is C10H16N2O. The van der Waals surface area contributed by atoms with Crippen LogP contribution in [0.25, 0.3) is 0 Å². The molecule has 2 rings (SSSR count). The number of nitrogens with two attached hydrogens (primary N) is 1. The smallest absolute Gasteiger partial charge is 0.201 e. The molecule has 1 aromatic rings. The van der Waals surface area contributed by atoms with Gasteiger partial charge in [0, 0.05) is 6.54 Å². The Morgan fingerprint density at radius 2 is 2.31 bits per heavy atom. The highest BCUT2D eigenvalue weighted by Crippen LogP contribution is 2.46. The van der Waals surface area contributed by atoms with Crippen molar-refractivity contribution in [2.24, 2.45) is 5.73 Å². The van der Waals surface area contributed by atoms with Crippen LogP contribution in [0.15, 0.2) is 10.7 Å². The fourth-order valence-corrected chi connectivity index (χ4v) is 1.45. The number of nitrogens with zero attached hydrogens (tertiary/aromatic N) is 1. The van der Waals surface area contributed by atoms with E-state index in [2.05, 4.69) is 18.8 Å². The molecule has 0 aromatic carbocycles. The minimum atomic E-state index is 0.0904. The first-order chi connectivity index (χ1) is 6.18. The van der Waals surface area contributed by atoms with Crippen LogP contribution in [0.3, 0.4) is 0 Å². The highest BCUT2D eigenvalue weighted by atomic mass is 16.3. The monoisotopic (exact) mass is 180 g/mol. The third kappa shape index (κ3) is 1.37. The second kappa shape index (κ2) is 2.84. The molecule has 0 bridgehead atoms. The van der Waals surface area contributed by atoms with Crippen molar-refractivity contribution in [2.45, 2.75) is 38.0 Å². The van der Waals surface area contributed by atoms with Crippen LogP contribution in [0.5, 0.6) is 0 Å². The van der Waals surface area contributed by atoms with Gasteiger partial charge in [0.05, 0.1) is 11.1 Å². The summed E-state index contributed by atoms with van der Waals surface area (Å²) in [6.45, 7) is 4.89. The normalized spacial score (nSPS) is 19.4. The average molecular weight is 180 g/mol. The van der Waals surface area contributed by atoms with E-state index in [4.69, 9.17) is 10.2 Å². The molecule has 72 valence electrons. The molecule has 1 fully saturated rings. The zero-order valence-electron chi connectivity index (χ0n) is 8.21. The van der Waals surface area contributed by atoms with Crippen molar-refractivity contribution in [3.05, 3.63) is 17.8 Å². The Hall–Kier alpha value is -0.830. The predicted molar refractivity (Wildman–Crippen MR) is 50.6 cm³/mol. The van der Waals surface area contributed by atoms with Gasteiger partial charge < -0.3 is 10.2 Å². The van der Waals surface area contributed by atoms with Gasteiger partial charge >= 0.3 is 0 Å². The zero-order chi connectivity index (χ0) is 9.47. The first kappa shape index (κ1) is 8.75. The Labute approximate surface area is 78.3 Å². The third-order valence-corrected chi connectivity index (χ3v) is 2.81. The van der Waals surface area contributed by atoms with E-state index in [9.17, 15) is 0 Å². The predicted octanol–water partition coefficient (Wildman–Crippen LogP) is 1.79. The highest BCUT2D eigenvalue weighted by molar-refractivity contribution is 5.18. The van der Waals surface area contributed by atoms with Gasteiger partial charge in [-0.3, -0.25) is 0 Å². The SMILES string of the molecule is CC(C)c1coc(C2(CN)CC2)n1. The van der Waals surface area contributed by atoms with Gasteiger partial charge in [0.1, 0.15) is 6.26 Å². The fourth-order valence-electron chi connectivity index (χ4n) is 1.45. The maximum absolute atomic E-state index is 5.69. The van der Waals surface area contributed by atoms with Gasteiger partial charge in [-0.2, -0.15) is 0 Å². The first-order valence-corrected chi connectivity index (χ1v) is 4.84. The largest absolute Gasteiger partial charge is 0.448 e. The lowest BCUT2D eigenvalue weighted by atomic mass is 10.1. The van der Waals surface area contributed by atoms with Crippen LogP contribution in [0.4, 0.5) is 0 Å². The second-order valence-electron chi connectivity index (χ2n) is 4.22. The van der Waals surface area contributed by atoms with Gasteiger partial charge in [0.15, 0.2) is 0 Å². The molecule has 3 heteroatoms. The molecule has 3 nitrogen and oxygen atoms in total. The van der Waals surface area contributed by atoms with Crippen LogP contribution < -0.4 is 5.73 Å². The van der Waals surface area contributed by atoms with Gasteiger partial charge in [-0.05, 0) is 18.8 Å². The third-order valence-electron chi connectivity index (χ3n) is 2.81. The van der Waals surface area contributed by atoms with Crippen molar-refractivity contribution in [3.8, 4) is 0 Å². The molecule has 0 spiro atoms. The Morgan fingerprint density at radius 3 is 2.69 bits per heavy atom. The lowest BCUT2D eigenvalue weighted by Crippen LogP contribution is -2.20. The Bertz CT molecular complexity index is 300. The van der Waals surface area contributed by atoms with E-state index >= 15 is 0 Å². The number of hydrogen-bond donors (Lipinski definition) is 1. The van der Waals surface area contributed by atoms with E-state index in [0.717, 1.165) is 24.4 Å². The van der Waals surface area contributed by atoms with Crippen molar-refractivity contribution >= 4 is 0 Å². The molecule has 0 atom stereocenters. The van der Waals surface area contributed by atoms with E-state index in [1.807, 2.05) is 0 Å². The maximum Gasteiger partial charge on any atom is 0.201 e. The average Bonchev–Trinajstić information content (AvgIpc) is 2.75. The number of aromatic nitrogens is 1. The summed E-state index contributed by atoms with van der Waals surface area (Å²) in [6, 6.07) is 0. The van der Waals surface area contributed by atoms with Crippen LogP contribution in [-0.2, 0) is 5.41 Å². The molecule has 1 aliphatic carbocycles. The number of hydrogen-bond acceptors (Lipinski definition) is 3. The van der Waals surface area contributed by atoms with Crippen molar-refractivity contribution in [3.63, 3.8) is 0 Å². The molecule has 0 saturated heterocycles. The summed E-state index contributed by atoms with van der Waals surface area (Å²) in [5, 5.41) is 0. The summed E-state index contributed by atoms with van der Waals surface area (Å²) in [7, 11) is 0. The van der Waals surface area contributed by atoms with Crippen LogP contribution in [0, 0.1) is 0 Å². The van der Waals surface area contributed by atoms with Gasteiger partial charge in [0.2, 0.25) is 5.89 Å². The molecule has 0 amide bonds. The molecular weight excluding hydrogens is 164 g/mol. The van der Waals surface area contributed by atoms with E-state index in [0.29, 0.717) is 12.5 Å². The van der Waals surface area contributed by atoms with Crippen LogP contribution in [0.1, 0.15) is 44.2 Å². The molecule has 1 saturated carbocycles. The quantitative estimate of drug-likeness (QED) is 0.771. The Kier molecular flexibility index (Phi) is 1.91. The maximum atomic E-state index is 5.69. The lowest BCUT2D eigenvalue weighted by Gasteiger charge is -2.05. The second-order valence-corrected chi connectivity index (χ2v) is 4.22. The molecule has 13 heavy (non-hydrogen) atoms. The van der Waals surface area contributed by atoms with Crippen LogP contribution in [-0.4, -0.2) is 11.5 Å². The topological polar surface area (TPSA) is 52.0 Å². The first-order valence-electron chi connectivity index (χ1n) is 4.84. The van der Waals surface area contributed by atoms with Crippen LogP contribution in [0.2, 0.25) is 0 Å². The minimum absolute atomic E-state index is 0.0904. The van der Waals surface area contributed by atoms with Gasteiger partial charge in [-0.1, -0.05) is 13.8 Å². The van der Waals surface area contributed by atoms with Crippen LogP contribution >= 0.6 is 0 Å². The van der Waals surface area contributed by atoms with Crippen molar-refractivity contribution in [2.75, 3.05) is 6.54 Å². The van der Waals surface area contributed by atoms with Crippen molar-refractivity contribution < 1.29 is 4.42 Å². The van der Waals surface area contributed by atoms with E-state index in [-0.39, 0.29) is 5.41 Å². The van der Waals surface area contributed by atoms with Crippen molar-refractivity contribution in [1.82, 2.24) is 4.98 Å². The van der Waals surface area contributed by atoms with Gasteiger partial charge in [0.25, 0.3) is 0 Å². The summed E-state index contributed by atoms with van der Waals surface area (Å²) in [5.41, 5.74) is 6.81. The molecule has 1 aliphatic rings. The summed E-state index contributed by atoms with van der Waals surface area (Å²) in [4.78, 5) is 4.47. The summed E-state index contributed by atoms with van der Waals surface area (Å²) >= 11 is 0.